The molecule has 0 aromatic carbocycles. The average molecular weight is 278 g/mol. The lowest BCUT2D eigenvalue weighted by atomic mass is 10.1. The molecular weight excluding hydrogens is 252 g/mol. The van der Waals surface area contributed by atoms with Gasteiger partial charge in [-0.1, -0.05) is 19.8 Å². The molecule has 1 saturated heterocycles. The van der Waals surface area contributed by atoms with E-state index in [4.69, 9.17) is 4.42 Å². The molecule has 0 radical (unpaired) electrons. The normalized spacial score (nSPS) is 17.9. The smallest absolute Gasteiger partial charge is 0.220 e. The molecule has 1 amide bonds. The van der Waals surface area contributed by atoms with E-state index in [2.05, 4.69) is 17.1 Å². The fourth-order valence-electron chi connectivity index (χ4n) is 2.76. The van der Waals surface area contributed by atoms with Crippen LogP contribution >= 0.6 is 0 Å². The Morgan fingerprint density at radius 3 is 2.85 bits per heavy atom. The van der Waals surface area contributed by atoms with Gasteiger partial charge in [-0.3, -0.25) is 9.69 Å². The minimum atomic E-state index is 0.153. The molecule has 2 heterocycles. The highest BCUT2D eigenvalue weighted by atomic mass is 16.3. The van der Waals surface area contributed by atoms with Crippen LogP contribution in [0.1, 0.15) is 57.3 Å². The summed E-state index contributed by atoms with van der Waals surface area (Å²) in [5.74, 6) is 1.11. The highest BCUT2D eigenvalue weighted by molar-refractivity contribution is 5.75. The highest BCUT2D eigenvalue weighted by Gasteiger charge is 2.24. The van der Waals surface area contributed by atoms with E-state index < -0.39 is 0 Å². The predicted octanol–water partition coefficient (Wildman–Crippen LogP) is 3.11. The van der Waals surface area contributed by atoms with E-state index in [1.807, 2.05) is 12.1 Å². The Morgan fingerprint density at radius 2 is 2.20 bits per heavy atom. The number of likely N-dealkylation sites (tertiary alicyclic amines) is 1. The second kappa shape index (κ2) is 8.10. The topological polar surface area (TPSA) is 45.5 Å². The molecule has 1 N–H and O–H groups in total. The van der Waals surface area contributed by atoms with Crippen LogP contribution in [0.2, 0.25) is 0 Å². The number of rotatable bonds is 7. The van der Waals surface area contributed by atoms with Crippen LogP contribution in [0.4, 0.5) is 0 Å². The van der Waals surface area contributed by atoms with Crippen LogP contribution in [0.15, 0.2) is 22.8 Å². The van der Waals surface area contributed by atoms with Gasteiger partial charge in [0.15, 0.2) is 0 Å². The number of hydrogen-bond acceptors (Lipinski definition) is 3. The van der Waals surface area contributed by atoms with Crippen LogP contribution < -0.4 is 5.32 Å². The van der Waals surface area contributed by atoms with Crippen LogP contribution in [-0.2, 0) is 4.79 Å². The van der Waals surface area contributed by atoms with E-state index in [0.29, 0.717) is 13.0 Å². The Balaban J connectivity index is 1.91. The maximum Gasteiger partial charge on any atom is 0.220 e. The molecule has 0 aliphatic carbocycles. The van der Waals surface area contributed by atoms with Crippen molar-refractivity contribution < 1.29 is 9.21 Å². The third-order valence-electron chi connectivity index (χ3n) is 3.95. The van der Waals surface area contributed by atoms with Gasteiger partial charge in [-0.2, -0.15) is 0 Å². The number of carbonyl (C=O) groups excluding carboxylic acids is 1. The molecule has 0 spiro atoms. The van der Waals surface area contributed by atoms with E-state index in [0.717, 1.165) is 31.7 Å². The van der Waals surface area contributed by atoms with E-state index in [-0.39, 0.29) is 11.9 Å². The summed E-state index contributed by atoms with van der Waals surface area (Å²) in [4.78, 5) is 14.2. The van der Waals surface area contributed by atoms with Gasteiger partial charge in [-0.15, -0.1) is 0 Å². The van der Waals surface area contributed by atoms with Crippen molar-refractivity contribution in [1.29, 1.82) is 0 Å². The average Bonchev–Trinajstić information content (AvgIpc) is 3.00. The quantitative estimate of drug-likeness (QED) is 0.833. The number of unbranched alkanes of at least 4 members (excludes halogenated alkanes) is 1. The van der Waals surface area contributed by atoms with E-state index >= 15 is 0 Å². The van der Waals surface area contributed by atoms with Crippen molar-refractivity contribution >= 4 is 5.91 Å². The Bertz CT molecular complexity index is 383. The number of nitrogens with zero attached hydrogens (tertiary/aromatic N) is 1. The summed E-state index contributed by atoms with van der Waals surface area (Å²) in [6, 6.07) is 4.11. The van der Waals surface area contributed by atoms with Gasteiger partial charge in [-0.05, 0) is 44.5 Å². The molecule has 1 aliphatic heterocycles. The molecule has 2 rings (SSSR count). The lowest BCUT2D eigenvalue weighted by Crippen LogP contribution is -2.40. The van der Waals surface area contributed by atoms with Crippen LogP contribution in [0.3, 0.4) is 0 Å². The van der Waals surface area contributed by atoms with E-state index in [9.17, 15) is 4.79 Å². The number of furan rings is 1. The zero-order valence-corrected chi connectivity index (χ0v) is 12.4. The van der Waals surface area contributed by atoms with Crippen LogP contribution in [0.25, 0.3) is 0 Å². The van der Waals surface area contributed by atoms with Gasteiger partial charge in [0.2, 0.25) is 5.91 Å². The van der Waals surface area contributed by atoms with Gasteiger partial charge in [0.25, 0.3) is 0 Å². The van der Waals surface area contributed by atoms with Gasteiger partial charge in [-0.25, -0.2) is 0 Å². The predicted molar refractivity (Wildman–Crippen MR) is 79.4 cm³/mol. The van der Waals surface area contributed by atoms with Crippen molar-refractivity contribution in [1.82, 2.24) is 10.2 Å². The molecule has 1 unspecified atom stereocenters. The zero-order chi connectivity index (χ0) is 14.2. The van der Waals surface area contributed by atoms with Crippen LogP contribution in [0, 0.1) is 0 Å². The van der Waals surface area contributed by atoms with Gasteiger partial charge >= 0.3 is 0 Å². The lowest BCUT2D eigenvalue weighted by molar-refractivity contribution is -0.121. The number of carbonyl (C=O) groups is 1. The Hall–Kier alpha value is -1.29. The molecule has 1 fully saturated rings. The standard InChI is InChI=1S/C16H26N2O2/c1-2-3-9-16(19)17-13-14(15-8-7-12-20-15)18-10-5-4-6-11-18/h7-8,12,14H,2-6,9-11,13H2,1H3,(H,17,19). The molecule has 1 aromatic heterocycles. The maximum absolute atomic E-state index is 11.8. The van der Waals surface area contributed by atoms with Crippen molar-refractivity contribution in [3.63, 3.8) is 0 Å². The molecule has 1 atom stereocenters. The van der Waals surface area contributed by atoms with Crippen molar-refractivity contribution in [3.8, 4) is 0 Å². The number of amides is 1. The number of nitrogens with one attached hydrogen (secondary N) is 1. The summed E-state index contributed by atoms with van der Waals surface area (Å²) < 4.78 is 5.57. The monoisotopic (exact) mass is 278 g/mol. The molecule has 20 heavy (non-hydrogen) atoms. The minimum absolute atomic E-state index is 0.153. The molecule has 1 aromatic rings. The van der Waals surface area contributed by atoms with Gasteiger partial charge < -0.3 is 9.73 Å². The SMILES string of the molecule is CCCCC(=O)NCC(c1ccco1)N1CCCCC1. The third-order valence-corrected chi connectivity index (χ3v) is 3.95. The minimum Gasteiger partial charge on any atom is -0.468 e. The highest BCUT2D eigenvalue weighted by Crippen LogP contribution is 2.24. The fourth-order valence-corrected chi connectivity index (χ4v) is 2.76. The molecule has 4 nitrogen and oxygen atoms in total. The molecule has 4 heteroatoms. The van der Waals surface area contributed by atoms with Crippen LogP contribution in [0.5, 0.6) is 0 Å². The van der Waals surface area contributed by atoms with Gasteiger partial charge in [0, 0.05) is 13.0 Å². The first kappa shape index (κ1) is 15.1. The maximum atomic E-state index is 11.8. The number of piperidine rings is 1. The van der Waals surface area contributed by atoms with Gasteiger partial charge in [0.1, 0.15) is 5.76 Å². The molecule has 112 valence electrons. The summed E-state index contributed by atoms with van der Waals surface area (Å²) in [7, 11) is 0. The van der Waals surface area contributed by atoms with Gasteiger partial charge in [0.05, 0.1) is 12.3 Å². The molecule has 0 saturated carbocycles. The van der Waals surface area contributed by atoms with E-state index in [1.165, 1.54) is 19.3 Å². The Labute approximate surface area is 121 Å². The third kappa shape index (κ3) is 4.37. The summed E-state index contributed by atoms with van der Waals surface area (Å²) in [5.41, 5.74) is 0. The fraction of sp³-hybridized carbons (Fsp3) is 0.688. The summed E-state index contributed by atoms with van der Waals surface area (Å²) in [6.07, 6.45) is 8.14. The summed E-state index contributed by atoms with van der Waals surface area (Å²) in [6.45, 7) is 4.94. The van der Waals surface area contributed by atoms with Crippen molar-refractivity contribution in [2.45, 2.75) is 51.5 Å². The van der Waals surface area contributed by atoms with Crippen molar-refractivity contribution in [2.75, 3.05) is 19.6 Å². The summed E-state index contributed by atoms with van der Waals surface area (Å²) in [5, 5.41) is 3.06. The second-order valence-corrected chi connectivity index (χ2v) is 5.54. The molecule has 0 bridgehead atoms. The van der Waals surface area contributed by atoms with Crippen molar-refractivity contribution in [2.24, 2.45) is 0 Å². The van der Waals surface area contributed by atoms with E-state index in [1.54, 1.807) is 6.26 Å². The Morgan fingerprint density at radius 1 is 1.40 bits per heavy atom. The zero-order valence-electron chi connectivity index (χ0n) is 12.4. The molecule has 1 aliphatic rings. The Kier molecular flexibility index (Phi) is 6.12. The first-order chi connectivity index (χ1) is 9.81. The second-order valence-electron chi connectivity index (χ2n) is 5.54. The number of hydrogen-bond donors (Lipinski definition) is 1. The largest absolute Gasteiger partial charge is 0.468 e. The molecular formula is C16H26N2O2. The first-order valence-electron chi connectivity index (χ1n) is 7.85. The first-order valence-corrected chi connectivity index (χ1v) is 7.85. The van der Waals surface area contributed by atoms with Crippen molar-refractivity contribution in [3.05, 3.63) is 24.2 Å². The lowest BCUT2D eigenvalue weighted by Gasteiger charge is -2.33. The summed E-state index contributed by atoms with van der Waals surface area (Å²) >= 11 is 0. The van der Waals surface area contributed by atoms with Crippen LogP contribution in [-0.4, -0.2) is 30.4 Å².